The first-order chi connectivity index (χ1) is 9.48. The predicted octanol–water partition coefficient (Wildman–Crippen LogP) is 5.75. The largest absolute Gasteiger partial charge is 0.465 e. The van der Waals surface area contributed by atoms with Gasteiger partial charge in [0.2, 0.25) is 0 Å². The van der Waals surface area contributed by atoms with Crippen LogP contribution in [0.25, 0.3) is 0 Å². The fraction of sp³-hybridized carbons (Fsp3) is 0.947. The minimum absolute atomic E-state index is 0.0884. The van der Waals surface area contributed by atoms with Crippen molar-refractivity contribution in [2.45, 2.75) is 87.3 Å². The Morgan fingerprint density at radius 3 is 1.55 bits per heavy atom. The highest BCUT2D eigenvalue weighted by Gasteiger charge is 2.60. The van der Waals surface area contributed by atoms with Crippen LogP contribution in [0.4, 0.5) is 0 Å². The Kier molecular flexibility index (Phi) is 6.32. The van der Waals surface area contributed by atoms with Gasteiger partial charge in [-0.1, -0.05) is 62.3 Å². The van der Waals surface area contributed by atoms with E-state index in [1.54, 1.807) is 0 Å². The first-order valence-corrected chi connectivity index (χ1v) is 8.82. The van der Waals surface area contributed by atoms with E-state index in [0.29, 0.717) is 6.61 Å². The van der Waals surface area contributed by atoms with Gasteiger partial charge in [-0.25, -0.2) is 0 Å². The minimum Gasteiger partial charge on any atom is -0.465 e. The Bertz CT molecular complexity index is 398. The standard InChI is InChI=1S/C19H38O2S/c1-12-13-21-14(20)15(2,3)16(4,5)17(6,7)18(8,9)19(10,11)22/h22H,12-13H2,1-11H3. The predicted molar refractivity (Wildman–Crippen MR) is 99.4 cm³/mol. The zero-order chi connectivity index (χ0) is 18.2. The van der Waals surface area contributed by atoms with Crippen molar-refractivity contribution in [1.29, 1.82) is 0 Å². The third-order valence-corrected chi connectivity index (χ3v) is 7.72. The van der Waals surface area contributed by atoms with Gasteiger partial charge in [-0.2, -0.15) is 12.6 Å². The summed E-state index contributed by atoms with van der Waals surface area (Å²) in [6.45, 7) is 24.2. The quantitative estimate of drug-likeness (QED) is 0.475. The number of rotatable bonds is 7. The van der Waals surface area contributed by atoms with Gasteiger partial charge in [-0.05, 0) is 36.5 Å². The number of thiol groups is 1. The normalized spacial score (nSPS) is 14.9. The molecular formula is C19H38O2S. The van der Waals surface area contributed by atoms with Crippen molar-refractivity contribution >= 4 is 18.6 Å². The summed E-state index contributed by atoms with van der Waals surface area (Å²) in [5.74, 6) is -0.111. The van der Waals surface area contributed by atoms with Crippen LogP contribution in [-0.2, 0) is 9.53 Å². The van der Waals surface area contributed by atoms with E-state index in [-0.39, 0.29) is 27.0 Å². The van der Waals surface area contributed by atoms with Crippen molar-refractivity contribution in [2.75, 3.05) is 6.61 Å². The number of hydrogen-bond donors (Lipinski definition) is 1. The molecule has 0 atom stereocenters. The van der Waals surface area contributed by atoms with E-state index in [2.05, 4.69) is 55.4 Å². The lowest BCUT2D eigenvalue weighted by Gasteiger charge is -2.61. The van der Waals surface area contributed by atoms with Crippen LogP contribution in [0.1, 0.15) is 82.6 Å². The van der Waals surface area contributed by atoms with E-state index < -0.39 is 5.41 Å². The van der Waals surface area contributed by atoms with Gasteiger partial charge >= 0.3 is 5.97 Å². The minimum atomic E-state index is -0.581. The third kappa shape index (κ3) is 3.34. The average molecular weight is 331 g/mol. The van der Waals surface area contributed by atoms with Gasteiger partial charge in [0, 0.05) is 4.75 Å². The third-order valence-electron chi connectivity index (χ3n) is 7.16. The number of hydrogen-bond acceptors (Lipinski definition) is 3. The second-order valence-corrected chi connectivity index (χ2v) is 10.3. The van der Waals surface area contributed by atoms with Crippen LogP contribution >= 0.6 is 12.6 Å². The molecule has 0 bridgehead atoms. The molecule has 0 aliphatic heterocycles. The topological polar surface area (TPSA) is 26.3 Å². The molecule has 0 rings (SSSR count). The highest BCUT2D eigenvalue weighted by atomic mass is 32.1. The maximum atomic E-state index is 12.7. The molecule has 0 aliphatic rings. The molecule has 0 heterocycles. The lowest BCUT2D eigenvalue weighted by Crippen LogP contribution is -2.59. The van der Waals surface area contributed by atoms with Gasteiger partial charge in [0.15, 0.2) is 0 Å². The van der Waals surface area contributed by atoms with Crippen LogP contribution < -0.4 is 0 Å². The van der Waals surface area contributed by atoms with Crippen molar-refractivity contribution in [3.05, 3.63) is 0 Å². The number of carbonyl (C=O) groups excluding carboxylic acids is 1. The van der Waals surface area contributed by atoms with Crippen molar-refractivity contribution < 1.29 is 9.53 Å². The van der Waals surface area contributed by atoms with Gasteiger partial charge in [0.25, 0.3) is 0 Å². The number of ether oxygens (including phenoxy) is 1. The summed E-state index contributed by atoms with van der Waals surface area (Å²) >= 11 is 4.85. The Morgan fingerprint density at radius 1 is 0.818 bits per heavy atom. The summed E-state index contributed by atoms with van der Waals surface area (Å²) in [7, 11) is 0. The second kappa shape index (κ2) is 6.37. The van der Waals surface area contributed by atoms with E-state index >= 15 is 0 Å². The molecule has 2 nitrogen and oxygen atoms in total. The number of esters is 1. The lowest BCUT2D eigenvalue weighted by molar-refractivity contribution is -0.176. The zero-order valence-electron chi connectivity index (χ0n) is 16.7. The maximum Gasteiger partial charge on any atom is 0.312 e. The molecule has 0 N–H and O–H groups in total. The molecule has 0 fully saturated rings. The Hall–Kier alpha value is -0.180. The van der Waals surface area contributed by atoms with Crippen LogP contribution in [0.3, 0.4) is 0 Å². The second-order valence-electron chi connectivity index (χ2n) is 9.19. The summed E-state index contributed by atoms with van der Waals surface area (Å²) in [6, 6.07) is 0. The molecule has 0 unspecified atom stereocenters. The molecule has 0 radical (unpaired) electrons. The van der Waals surface area contributed by atoms with E-state index in [0.717, 1.165) is 6.42 Å². The molecule has 0 saturated carbocycles. The Balaban J connectivity index is 5.84. The Labute approximate surface area is 144 Å². The summed E-state index contributed by atoms with van der Waals surface area (Å²) in [5, 5.41) is 0. The number of carbonyl (C=O) groups is 1. The zero-order valence-corrected chi connectivity index (χ0v) is 17.6. The summed E-state index contributed by atoms with van der Waals surface area (Å²) in [5.41, 5.74) is -1.08. The molecule has 0 aromatic carbocycles. The summed E-state index contributed by atoms with van der Waals surface area (Å²) in [4.78, 5) is 12.7. The molecule has 0 aromatic heterocycles. The van der Waals surface area contributed by atoms with Crippen molar-refractivity contribution in [1.82, 2.24) is 0 Å². The van der Waals surface area contributed by atoms with E-state index in [1.807, 2.05) is 20.8 Å². The molecular weight excluding hydrogens is 292 g/mol. The van der Waals surface area contributed by atoms with Crippen LogP contribution in [0, 0.1) is 21.7 Å². The van der Waals surface area contributed by atoms with Crippen LogP contribution in [0.2, 0.25) is 0 Å². The van der Waals surface area contributed by atoms with Gasteiger partial charge < -0.3 is 4.74 Å². The van der Waals surface area contributed by atoms with E-state index in [1.165, 1.54) is 0 Å². The first kappa shape index (κ1) is 21.8. The van der Waals surface area contributed by atoms with Crippen LogP contribution in [0.5, 0.6) is 0 Å². The SMILES string of the molecule is CCCOC(=O)C(C)(C)C(C)(C)C(C)(C)C(C)(C)C(C)(C)S. The van der Waals surface area contributed by atoms with Crippen LogP contribution in [0.15, 0.2) is 0 Å². The molecule has 0 saturated heterocycles. The highest BCUT2D eigenvalue weighted by Crippen LogP contribution is 2.63. The van der Waals surface area contributed by atoms with Crippen molar-refractivity contribution in [2.24, 2.45) is 21.7 Å². The monoisotopic (exact) mass is 330 g/mol. The van der Waals surface area contributed by atoms with Gasteiger partial charge in [-0.15, -0.1) is 0 Å². The van der Waals surface area contributed by atoms with Crippen LogP contribution in [-0.4, -0.2) is 17.3 Å². The van der Waals surface area contributed by atoms with Gasteiger partial charge in [-0.3, -0.25) is 4.79 Å². The average Bonchev–Trinajstić information content (AvgIpc) is 2.33. The van der Waals surface area contributed by atoms with Gasteiger partial charge in [0.1, 0.15) is 0 Å². The van der Waals surface area contributed by atoms with Gasteiger partial charge in [0.05, 0.1) is 12.0 Å². The first-order valence-electron chi connectivity index (χ1n) is 8.38. The lowest BCUT2D eigenvalue weighted by atomic mass is 9.45. The smallest absolute Gasteiger partial charge is 0.312 e. The van der Waals surface area contributed by atoms with Crippen molar-refractivity contribution in [3.63, 3.8) is 0 Å². The fourth-order valence-corrected chi connectivity index (χ4v) is 3.24. The fourth-order valence-electron chi connectivity index (χ4n) is 2.96. The maximum absolute atomic E-state index is 12.7. The molecule has 22 heavy (non-hydrogen) atoms. The molecule has 0 aromatic rings. The molecule has 132 valence electrons. The molecule has 0 aliphatic carbocycles. The molecule has 0 spiro atoms. The summed E-state index contributed by atoms with van der Waals surface area (Å²) < 4.78 is 5.31. The van der Waals surface area contributed by atoms with E-state index in [4.69, 9.17) is 17.4 Å². The molecule has 3 heteroatoms. The highest BCUT2D eigenvalue weighted by molar-refractivity contribution is 7.81. The van der Waals surface area contributed by atoms with E-state index in [9.17, 15) is 4.79 Å². The Morgan fingerprint density at radius 2 is 1.23 bits per heavy atom. The summed E-state index contributed by atoms with van der Waals surface area (Å²) in [6.07, 6.45) is 0.848. The van der Waals surface area contributed by atoms with Crippen molar-refractivity contribution in [3.8, 4) is 0 Å². The molecule has 0 amide bonds.